The van der Waals surface area contributed by atoms with E-state index in [1.165, 1.54) is 109 Å². The summed E-state index contributed by atoms with van der Waals surface area (Å²) in [6.07, 6.45) is 33.3. The molecule has 268 valence electrons. The topological polar surface area (TPSA) is 105 Å². The molecule has 10 heteroatoms. The Bertz CT molecular complexity index is 751. The molecule has 2 saturated heterocycles. The van der Waals surface area contributed by atoms with E-state index in [1.807, 2.05) is 0 Å². The lowest BCUT2D eigenvalue weighted by Gasteiger charge is -2.40. The Labute approximate surface area is 281 Å². The van der Waals surface area contributed by atoms with Crippen molar-refractivity contribution in [2.24, 2.45) is 0 Å². The van der Waals surface area contributed by atoms with Gasteiger partial charge in [-0.15, -0.1) is 0 Å². The van der Waals surface area contributed by atoms with E-state index in [4.69, 9.17) is 18.6 Å². The van der Waals surface area contributed by atoms with Gasteiger partial charge in [-0.25, -0.2) is 0 Å². The summed E-state index contributed by atoms with van der Waals surface area (Å²) >= 11 is 0. The molecule has 2 aliphatic heterocycles. The largest absolute Gasteiger partial charge is 0.784 e. The van der Waals surface area contributed by atoms with E-state index in [2.05, 4.69) is 27.7 Å². The van der Waals surface area contributed by atoms with Crippen molar-refractivity contribution >= 4 is 38.1 Å². The van der Waals surface area contributed by atoms with Gasteiger partial charge in [-0.2, -0.15) is 0 Å². The van der Waals surface area contributed by atoms with Gasteiger partial charge in [-0.3, -0.25) is 19.2 Å². The van der Waals surface area contributed by atoms with E-state index in [1.54, 1.807) is 31.1 Å². The van der Waals surface area contributed by atoms with Crippen molar-refractivity contribution in [2.75, 3.05) is 24.6 Å². The second-order valence-corrected chi connectivity index (χ2v) is 17.9. The number of carbonyl (C=O) groups excluding carboxylic acids is 4. The molecule has 8 nitrogen and oxygen atoms in total. The molecule has 2 rings (SSSR count). The van der Waals surface area contributed by atoms with Gasteiger partial charge in [0.25, 0.3) is 23.9 Å². The molecule has 46 heavy (non-hydrogen) atoms. The summed E-state index contributed by atoms with van der Waals surface area (Å²) in [4.78, 5) is 45.8. The molecule has 0 aromatic rings. The normalized spacial score (nSPS) is 17.0. The lowest BCUT2D eigenvalue weighted by Crippen LogP contribution is -2.55. The minimum atomic E-state index is -3.46. The van der Waals surface area contributed by atoms with Crippen molar-refractivity contribution in [2.45, 2.75) is 182 Å². The van der Waals surface area contributed by atoms with Crippen LogP contribution in [0.4, 0.5) is 0 Å². The van der Waals surface area contributed by atoms with Gasteiger partial charge in [0.1, 0.15) is 0 Å². The SMILES string of the molecule is CCCCCCCCCCCCCC[P+](CCCC)(CCCC)CCCC.O=C1CCCC(=O)O[B-]2(O1)OC(=O)CCCC(=O)O2. The molecule has 0 bridgehead atoms. The fraction of sp³-hybridized carbons (Fsp3) is 0.889. The Balaban J connectivity index is 0.000000485. The maximum Gasteiger partial charge on any atom is 0.784 e. The summed E-state index contributed by atoms with van der Waals surface area (Å²) in [6.45, 7) is 6.01. The van der Waals surface area contributed by atoms with Crippen LogP contribution in [0.5, 0.6) is 0 Å². The fourth-order valence-electron chi connectivity index (χ4n) is 6.22. The Morgan fingerprint density at radius 2 is 0.674 bits per heavy atom. The monoisotopic (exact) mass is 670 g/mol. The van der Waals surface area contributed by atoms with E-state index in [0.717, 1.165) is 0 Å². The van der Waals surface area contributed by atoms with E-state index in [-0.39, 0.29) is 38.5 Å². The van der Waals surface area contributed by atoms with E-state index in [0.29, 0.717) is 0 Å². The van der Waals surface area contributed by atoms with Crippen LogP contribution in [0, 0.1) is 0 Å². The van der Waals surface area contributed by atoms with Crippen LogP contribution in [-0.2, 0) is 37.8 Å². The first-order valence-electron chi connectivity index (χ1n) is 19.1. The summed E-state index contributed by atoms with van der Waals surface area (Å²) in [5.74, 6) is -3.02. The minimum Gasteiger partial charge on any atom is -0.585 e. The van der Waals surface area contributed by atoms with Crippen LogP contribution in [0.25, 0.3) is 0 Å². The zero-order valence-corrected chi connectivity index (χ0v) is 31.0. The molecular formula is C36H68BO8P. The molecule has 0 aliphatic carbocycles. The van der Waals surface area contributed by atoms with Crippen molar-refractivity contribution in [1.82, 2.24) is 0 Å². The Morgan fingerprint density at radius 1 is 0.413 bits per heavy atom. The standard InChI is InChI=1S/C26H56P.C10H12BO8/c1-5-9-13-14-15-16-17-18-19-20-21-22-26-27(23-10-6-2,24-11-7-3)25-12-8-4;12-7-3-1-4-8(13)17-11(16-7)18-9(14)5-2-6-10(15)19-11/h5-26H2,1-4H3;1-6H2/q+1;-1. The van der Waals surface area contributed by atoms with Gasteiger partial charge < -0.3 is 18.6 Å². The zero-order chi connectivity index (χ0) is 33.9. The van der Waals surface area contributed by atoms with Crippen LogP contribution in [0.1, 0.15) is 182 Å². The third-order valence-electron chi connectivity index (χ3n) is 9.07. The molecule has 2 aliphatic rings. The van der Waals surface area contributed by atoms with Gasteiger partial charge >= 0.3 is 6.96 Å². The first-order chi connectivity index (χ1) is 22.2. The summed E-state index contributed by atoms with van der Waals surface area (Å²) in [6, 6.07) is 0. The molecule has 0 atom stereocenters. The zero-order valence-electron chi connectivity index (χ0n) is 30.1. The van der Waals surface area contributed by atoms with Gasteiger partial charge in [0.05, 0.1) is 24.6 Å². The molecule has 0 unspecified atom stereocenters. The molecule has 0 saturated carbocycles. The molecular weight excluding hydrogens is 602 g/mol. The predicted octanol–water partition coefficient (Wildman–Crippen LogP) is 10.1. The Hall–Kier alpha value is -1.63. The lowest BCUT2D eigenvalue weighted by molar-refractivity contribution is -0.166. The average Bonchev–Trinajstić information content (AvgIpc) is 3.00. The summed E-state index contributed by atoms with van der Waals surface area (Å²) in [7, 11) is -0.626. The van der Waals surface area contributed by atoms with Crippen LogP contribution in [0.15, 0.2) is 0 Å². The first-order valence-corrected chi connectivity index (χ1v) is 21.6. The van der Waals surface area contributed by atoms with Gasteiger partial charge in [0.15, 0.2) is 0 Å². The van der Waals surface area contributed by atoms with Crippen LogP contribution in [0.2, 0.25) is 0 Å². The van der Waals surface area contributed by atoms with Crippen LogP contribution in [0.3, 0.4) is 0 Å². The summed E-state index contributed by atoms with van der Waals surface area (Å²) in [5, 5.41) is 0. The number of hydrogen-bond acceptors (Lipinski definition) is 8. The molecule has 0 radical (unpaired) electrons. The fourth-order valence-corrected chi connectivity index (χ4v) is 11.4. The molecule has 2 fully saturated rings. The Morgan fingerprint density at radius 3 is 0.978 bits per heavy atom. The van der Waals surface area contributed by atoms with Crippen molar-refractivity contribution in [3.63, 3.8) is 0 Å². The van der Waals surface area contributed by atoms with Gasteiger partial charge in [0, 0.05) is 32.9 Å². The molecule has 0 aromatic carbocycles. The van der Waals surface area contributed by atoms with Crippen molar-refractivity contribution in [1.29, 1.82) is 0 Å². The highest BCUT2D eigenvalue weighted by atomic mass is 31.2. The third-order valence-corrected chi connectivity index (χ3v) is 14.1. The molecule has 1 spiro atoms. The number of unbranched alkanes of at least 4 members (excludes halogenated alkanes) is 14. The predicted molar refractivity (Wildman–Crippen MR) is 190 cm³/mol. The van der Waals surface area contributed by atoms with Crippen LogP contribution < -0.4 is 0 Å². The van der Waals surface area contributed by atoms with Crippen molar-refractivity contribution in [3.05, 3.63) is 0 Å². The highest BCUT2D eigenvalue weighted by molar-refractivity contribution is 7.75. The third kappa shape index (κ3) is 19.9. The van der Waals surface area contributed by atoms with Crippen LogP contribution >= 0.6 is 7.26 Å². The summed E-state index contributed by atoms with van der Waals surface area (Å²) in [5.41, 5.74) is 0. The highest BCUT2D eigenvalue weighted by Gasteiger charge is 2.49. The molecule has 0 N–H and O–H groups in total. The quantitative estimate of drug-likeness (QED) is 0.0637. The number of hydrogen-bond donors (Lipinski definition) is 0. The highest BCUT2D eigenvalue weighted by Crippen LogP contribution is 2.61. The second kappa shape index (κ2) is 26.3. The minimum absolute atomic E-state index is 0.0479. The second-order valence-electron chi connectivity index (χ2n) is 13.4. The summed E-state index contributed by atoms with van der Waals surface area (Å²) < 4.78 is 19.0. The first kappa shape index (κ1) is 42.4. The molecule has 2 heterocycles. The Kier molecular flexibility index (Phi) is 24.3. The van der Waals surface area contributed by atoms with Gasteiger partial charge in [-0.1, -0.05) is 111 Å². The maximum absolute atomic E-state index is 11.4. The lowest BCUT2D eigenvalue weighted by atomic mass is 10.0. The molecule has 0 aromatic heterocycles. The van der Waals surface area contributed by atoms with Crippen LogP contribution in [-0.4, -0.2) is 55.5 Å². The van der Waals surface area contributed by atoms with Crippen molar-refractivity contribution < 1.29 is 37.8 Å². The number of rotatable bonds is 22. The maximum atomic E-state index is 11.4. The smallest absolute Gasteiger partial charge is 0.585 e. The average molecular weight is 671 g/mol. The van der Waals surface area contributed by atoms with Gasteiger partial charge in [0.2, 0.25) is 0 Å². The van der Waals surface area contributed by atoms with E-state index < -0.39 is 38.1 Å². The molecule has 0 amide bonds. The van der Waals surface area contributed by atoms with Crippen molar-refractivity contribution in [3.8, 4) is 0 Å². The van der Waals surface area contributed by atoms with E-state index in [9.17, 15) is 19.2 Å². The van der Waals surface area contributed by atoms with Gasteiger partial charge in [-0.05, 0) is 44.9 Å². The van der Waals surface area contributed by atoms with E-state index >= 15 is 0 Å². The number of carbonyl (C=O) groups is 4.